The summed E-state index contributed by atoms with van der Waals surface area (Å²) in [4.78, 5) is 36.6. The first-order valence-corrected chi connectivity index (χ1v) is 12.6. The van der Waals surface area contributed by atoms with Crippen molar-refractivity contribution in [2.24, 2.45) is 5.92 Å². The van der Waals surface area contributed by atoms with E-state index in [0.717, 1.165) is 25.7 Å². The molecule has 0 spiro atoms. The van der Waals surface area contributed by atoms with E-state index in [2.05, 4.69) is 10.6 Å². The maximum Gasteiger partial charge on any atom is 0.308 e. The third-order valence-electron chi connectivity index (χ3n) is 6.63. The van der Waals surface area contributed by atoms with Crippen molar-refractivity contribution in [1.82, 2.24) is 10.6 Å². The third-order valence-corrected chi connectivity index (χ3v) is 6.63. The van der Waals surface area contributed by atoms with Crippen molar-refractivity contribution < 1.29 is 23.9 Å². The van der Waals surface area contributed by atoms with Crippen LogP contribution in [-0.4, -0.2) is 43.6 Å². The van der Waals surface area contributed by atoms with E-state index in [1.807, 2.05) is 31.2 Å². The highest BCUT2D eigenvalue weighted by atomic mass is 16.5. The Labute approximate surface area is 206 Å². The van der Waals surface area contributed by atoms with Gasteiger partial charge in [-0.2, -0.15) is 0 Å². The SMILES string of the molecule is CCOC(=O)C1CCC(Oc2ccc(C(=O)NCCNC(=O)c3ccc(C4CC4)cc3)cc2)CC1. The minimum atomic E-state index is -0.200. The van der Waals surface area contributed by atoms with Crippen LogP contribution in [0.1, 0.15) is 77.6 Å². The first-order chi connectivity index (χ1) is 17.0. The van der Waals surface area contributed by atoms with Gasteiger partial charge >= 0.3 is 5.97 Å². The molecule has 0 atom stereocenters. The Morgan fingerprint density at radius 3 is 1.83 bits per heavy atom. The van der Waals surface area contributed by atoms with Gasteiger partial charge < -0.3 is 20.1 Å². The van der Waals surface area contributed by atoms with Crippen molar-refractivity contribution >= 4 is 17.8 Å². The topological polar surface area (TPSA) is 93.7 Å². The van der Waals surface area contributed by atoms with Crippen LogP contribution in [0.4, 0.5) is 0 Å². The lowest BCUT2D eigenvalue weighted by molar-refractivity contribution is -0.149. The summed E-state index contributed by atoms with van der Waals surface area (Å²) in [6.07, 6.45) is 5.69. The highest BCUT2D eigenvalue weighted by molar-refractivity contribution is 5.95. The molecule has 0 heterocycles. The Balaban J connectivity index is 1.14. The van der Waals surface area contributed by atoms with E-state index >= 15 is 0 Å². The Morgan fingerprint density at radius 1 is 0.771 bits per heavy atom. The minimum absolute atomic E-state index is 0.0291. The zero-order valence-electron chi connectivity index (χ0n) is 20.3. The Kier molecular flexibility index (Phi) is 8.40. The second-order valence-corrected chi connectivity index (χ2v) is 9.28. The molecule has 2 aliphatic carbocycles. The molecule has 7 nitrogen and oxygen atoms in total. The van der Waals surface area contributed by atoms with Crippen molar-refractivity contribution in [3.05, 3.63) is 65.2 Å². The zero-order chi connectivity index (χ0) is 24.6. The van der Waals surface area contributed by atoms with Crippen LogP contribution in [0, 0.1) is 5.92 Å². The van der Waals surface area contributed by atoms with E-state index in [4.69, 9.17) is 9.47 Å². The number of benzene rings is 2. The maximum absolute atomic E-state index is 12.4. The van der Waals surface area contributed by atoms with Crippen LogP contribution < -0.4 is 15.4 Å². The molecule has 0 unspecified atom stereocenters. The van der Waals surface area contributed by atoms with E-state index in [1.54, 1.807) is 24.3 Å². The number of hydrogen-bond acceptors (Lipinski definition) is 5. The summed E-state index contributed by atoms with van der Waals surface area (Å²) in [5.74, 6) is 0.901. The molecule has 186 valence electrons. The molecule has 2 aromatic rings. The van der Waals surface area contributed by atoms with Crippen LogP contribution in [-0.2, 0) is 9.53 Å². The summed E-state index contributed by atoms with van der Waals surface area (Å²) in [5, 5.41) is 5.67. The van der Waals surface area contributed by atoms with Gasteiger partial charge in [-0.1, -0.05) is 12.1 Å². The molecule has 7 heteroatoms. The number of esters is 1. The van der Waals surface area contributed by atoms with Gasteiger partial charge in [-0.3, -0.25) is 14.4 Å². The number of amides is 2. The highest BCUT2D eigenvalue weighted by Gasteiger charge is 2.28. The Morgan fingerprint density at radius 2 is 1.31 bits per heavy atom. The monoisotopic (exact) mass is 478 g/mol. The Bertz CT molecular complexity index is 1010. The highest BCUT2D eigenvalue weighted by Crippen LogP contribution is 2.39. The van der Waals surface area contributed by atoms with Crippen LogP contribution in [0.5, 0.6) is 5.75 Å². The predicted molar refractivity (Wildman–Crippen MR) is 133 cm³/mol. The van der Waals surface area contributed by atoms with Crippen LogP contribution in [0.25, 0.3) is 0 Å². The lowest BCUT2D eigenvalue weighted by atomic mass is 9.87. The summed E-state index contributed by atoms with van der Waals surface area (Å²) in [5.41, 5.74) is 2.46. The quantitative estimate of drug-likeness (QED) is 0.394. The van der Waals surface area contributed by atoms with Crippen molar-refractivity contribution in [2.45, 2.75) is 57.5 Å². The van der Waals surface area contributed by atoms with E-state index in [0.29, 0.717) is 42.5 Å². The van der Waals surface area contributed by atoms with Gasteiger partial charge in [0.2, 0.25) is 0 Å². The van der Waals surface area contributed by atoms with Crippen LogP contribution in [0.15, 0.2) is 48.5 Å². The summed E-state index contributed by atoms with van der Waals surface area (Å²) in [7, 11) is 0. The molecule has 0 bridgehead atoms. The van der Waals surface area contributed by atoms with Crippen molar-refractivity contribution in [3.8, 4) is 5.75 Å². The van der Waals surface area contributed by atoms with E-state index in [9.17, 15) is 14.4 Å². The van der Waals surface area contributed by atoms with Crippen molar-refractivity contribution in [3.63, 3.8) is 0 Å². The first kappa shape index (κ1) is 24.8. The standard InChI is InChI=1S/C28H34N2O5/c1-2-34-28(33)23-11-15-25(16-12-23)35-24-13-9-22(10-14-24)27(32)30-18-17-29-26(31)21-7-5-20(6-8-21)19-3-4-19/h5-10,13-14,19,23,25H,2-4,11-12,15-18H2,1H3,(H,29,31)(H,30,32). The summed E-state index contributed by atoms with van der Waals surface area (Å²) in [6, 6.07) is 14.8. The third kappa shape index (κ3) is 7.07. The Hall–Kier alpha value is -3.35. The molecule has 2 aromatic carbocycles. The summed E-state index contributed by atoms with van der Waals surface area (Å²) in [6.45, 7) is 2.93. The van der Waals surface area contributed by atoms with Gasteiger partial charge in [-0.05, 0) is 93.3 Å². The minimum Gasteiger partial charge on any atom is -0.490 e. The maximum atomic E-state index is 12.4. The second-order valence-electron chi connectivity index (χ2n) is 9.28. The largest absolute Gasteiger partial charge is 0.490 e. The number of carbonyl (C=O) groups is 3. The molecule has 2 fully saturated rings. The zero-order valence-corrected chi connectivity index (χ0v) is 20.3. The van der Waals surface area contributed by atoms with Gasteiger partial charge in [0.05, 0.1) is 18.6 Å². The fraction of sp³-hybridized carbons (Fsp3) is 0.464. The average molecular weight is 479 g/mol. The number of ether oxygens (including phenoxy) is 2. The molecule has 0 aliphatic heterocycles. The van der Waals surface area contributed by atoms with Gasteiger partial charge in [0.1, 0.15) is 5.75 Å². The summed E-state index contributed by atoms with van der Waals surface area (Å²) >= 11 is 0. The molecule has 0 saturated heterocycles. The number of nitrogens with one attached hydrogen (secondary N) is 2. The summed E-state index contributed by atoms with van der Waals surface area (Å²) < 4.78 is 11.1. The number of rotatable bonds is 10. The molecular weight excluding hydrogens is 444 g/mol. The van der Waals surface area contributed by atoms with Gasteiger partial charge in [-0.25, -0.2) is 0 Å². The van der Waals surface area contributed by atoms with Crippen LogP contribution in [0.2, 0.25) is 0 Å². The van der Waals surface area contributed by atoms with E-state index in [1.165, 1.54) is 18.4 Å². The molecular formula is C28H34N2O5. The predicted octanol–water partition coefficient (Wildman–Crippen LogP) is 4.22. The molecule has 0 aromatic heterocycles. The molecule has 2 saturated carbocycles. The number of hydrogen-bond donors (Lipinski definition) is 2. The van der Waals surface area contributed by atoms with E-state index < -0.39 is 0 Å². The molecule has 0 radical (unpaired) electrons. The van der Waals surface area contributed by atoms with Gasteiger partial charge in [-0.15, -0.1) is 0 Å². The molecule has 35 heavy (non-hydrogen) atoms. The van der Waals surface area contributed by atoms with Crippen molar-refractivity contribution in [2.75, 3.05) is 19.7 Å². The second kappa shape index (κ2) is 11.9. The van der Waals surface area contributed by atoms with Crippen LogP contribution >= 0.6 is 0 Å². The fourth-order valence-electron chi connectivity index (χ4n) is 4.43. The van der Waals surface area contributed by atoms with Gasteiger partial charge in [0.15, 0.2) is 0 Å². The lowest BCUT2D eigenvalue weighted by Crippen LogP contribution is -2.34. The smallest absolute Gasteiger partial charge is 0.308 e. The molecule has 2 aliphatic rings. The molecule has 2 N–H and O–H groups in total. The lowest BCUT2D eigenvalue weighted by Gasteiger charge is -2.27. The van der Waals surface area contributed by atoms with Gasteiger partial charge in [0.25, 0.3) is 11.8 Å². The molecule has 2 amide bonds. The number of carbonyl (C=O) groups excluding carboxylic acids is 3. The molecule has 4 rings (SSSR count). The van der Waals surface area contributed by atoms with Crippen LogP contribution in [0.3, 0.4) is 0 Å². The van der Waals surface area contributed by atoms with Crippen molar-refractivity contribution in [1.29, 1.82) is 0 Å². The normalized spacial score (nSPS) is 19.5. The fourth-order valence-corrected chi connectivity index (χ4v) is 4.43. The van der Waals surface area contributed by atoms with Gasteiger partial charge in [0, 0.05) is 24.2 Å². The average Bonchev–Trinajstić information content (AvgIpc) is 3.73. The first-order valence-electron chi connectivity index (χ1n) is 12.6. The van der Waals surface area contributed by atoms with E-state index in [-0.39, 0.29) is 29.8 Å².